The molecule has 8 heteroatoms. The molecular formula is C31H25BrN4O2S. The van der Waals surface area contributed by atoms with E-state index in [1.165, 1.54) is 0 Å². The Morgan fingerprint density at radius 1 is 0.821 bits per heavy atom. The molecule has 1 aliphatic rings. The largest absolute Gasteiger partial charge is 0.497 e. The molecule has 0 aliphatic carbocycles. The van der Waals surface area contributed by atoms with Crippen LogP contribution in [0.1, 0.15) is 23.5 Å². The molecule has 194 valence electrons. The number of hydrogen-bond donors (Lipinski definition) is 1. The molecule has 0 spiro atoms. The predicted octanol–water partition coefficient (Wildman–Crippen LogP) is 7.61. The summed E-state index contributed by atoms with van der Waals surface area (Å²) in [4.78, 5) is 6.84. The van der Waals surface area contributed by atoms with Crippen LogP contribution in [0.4, 0.5) is 5.69 Å². The van der Waals surface area contributed by atoms with E-state index >= 15 is 0 Å². The van der Waals surface area contributed by atoms with E-state index in [2.05, 4.69) is 66.2 Å². The number of anilines is 1. The highest BCUT2D eigenvalue weighted by Crippen LogP contribution is 2.42. The van der Waals surface area contributed by atoms with Crippen LogP contribution in [-0.4, -0.2) is 21.8 Å². The van der Waals surface area contributed by atoms with Crippen molar-refractivity contribution in [1.29, 1.82) is 0 Å². The summed E-state index contributed by atoms with van der Waals surface area (Å²) >= 11 is 9.54. The third-order valence-electron chi connectivity index (χ3n) is 6.68. The Kier molecular flexibility index (Phi) is 7.04. The zero-order valence-corrected chi connectivity index (χ0v) is 23.5. The van der Waals surface area contributed by atoms with Crippen molar-refractivity contribution < 1.29 is 9.47 Å². The molecule has 1 fully saturated rings. The molecule has 0 bridgehead atoms. The first-order valence-electron chi connectivity index (χ1n) is 12.5. The summed E-state index contributed by atoms with van der Waals surface area (Å²) in [6.45, 7) is 0. The topological polar surface area (TPSA) is 51.6 Å². The van der Waals surface area contributed by atoms with Crippen molar-refractivity contribution in [2.24, 2.45) is 0 Å². The molecule has 2 aromatic heterocycles. The molecule has 0 saturated carbocycles. The quantitative estimate of drug-likeness (QED) is 0.195. The van der Waals surface area contributed by atoms with Crippen molar-refractivity contribution in [2.45, 2.75) is 12.1 Å². The highest BCUT2D eigenvalue weighted by Gasteiger charge is 2.42. The van der Waals surface area contributed by atoms with Crippen LogP contribution >= 0.6 is 28.1 Å². The molecule has 6 nitrogen and oxygen atoms in total. The number of nitrogens with one attached hydrogen (secondary N) is 1. The van der Waals surface area contributed by atoms with Gasteiger partial charge >= 0.3 is 0 Å². The number of halogens is 1. The lowest BCUT2D eigenvalue weighted by molar-refractivity contribution is 0.413. The number of rotatable bonds is 7. The summed E-state index contributed by atoms with van der Waals surface area (Å²) in [6, 6.07) is 33.7. The second-order valence-corrected chi connectivity index (χ2v) is 10.4. The van der Waals surface area contributed by atoms with E-state index in [1.807, 2.05) is 85.1 Å². The molecule has 3 heterocycles. The minimum absolute atomic E-state index is 0.144. The van der Waals surface area contributed by atoms with Crippen LogP contribution in [0.2, 0.25) is 0 Å². The molecule has 5 aromatic rings. The normalized spacial score (nSPS) is 16.7. The number of aromatic nitrogens is 2. The van der Waals surface area contributed by atoms with Gasteiger partial charge in [0.05, 0.1) is 18.8 Å². The van der Waals surface area contributed by atoms with Gasteiger partial charge in [-0.3, -0.25) is 4.98 Å². The molecule has 6 rings (SSSR count). The minimum atomic E-state index is -0.144. The zero-order valence-electron chi connectivity index (χ0n) is 21.1. The Morgan fingerprint density at radius 2 is 1.56 bits per heavy atom. The van der Waals surface area contributed by atoms with E-state index in [0.29, 0.717) is 5.11 Å². The van der Waals surface area contributed by atoms with Gasteiger partial charge in [0, 0.05) is 33.9 Å². The Morgan fingerprint density at radius 3 is 2.26 bits per heavy atom. The Labute approximate surface area is 241 Å². The number of methoxy groups -OCH3 is 1. The smallest absolute Gasteiger partial charge is 0.174 e. The minimum Gasteiger partial charge on any atom is -0.497 e. The van der Waals surface area contributed by atoms with Crippen molar-refractivity contribution in [3.63, 3.8) is 0 Å². The zero-order chi connectivity index (χ0) is 26.8. The van der Waals surface area contributed by atoms with Crippen molar-refractivity contribution >= 4 is 38.9 Å². The van der Waals surface area contributed by atoms with Gasteiger partial charge < -0.3 is 24.3 Å². The number of thiocarbonyl (C=S) groups is 1. The predicted molar refractivity (Wildman–Crippen MR) is 161 cm³/mol. The Hall–Kier alpha value is -4.14. The fourth-order valence-corrected chi connectivity index (χ4v) is 5.62. The van der Waals surface area contributed by atoms with Gasteiger partial charge in [-0.25, -0.2) is 0 Å². The molecule has 0 radical (unpaired) electrons. The second-order valence-electron chi connectivity index (χ2n) is 9.05. The lowest BCUT2D eigenvalue weighted by atomic mass is 10.0. The summed E-state index contributed by atoms with van der Waals surface area (Å²) < 4.78 is 14.5. The molecule has 39 heavy (non-hydrogen) atoms. The summed E-state index contributed by atoms with van der Waals surface area (Å²) in [5, 5.41) is 4.18. The van der Waals surface area contributed by atoms with Crippen LogP contribution in [0.15, 0.2) is 120 Å². The molecule has 1 N–H and O–H groups in total. The van der Waals surface area contributed by atoms with Crippen LogP contribution in [0, 0.1) is 0 Å². The Bertz CT molecular complexity index is 1590. The first kappa shape index (κ1) is 25.2. The highest BCUT2D eigenvalue weighted by atomic mass is 79.9. The van der Waals surface area contributed by atoms with E-state index in [-0.39, 0.29) is 12.1 Å². The SMILES string of the molecule is COc1ccc(Oc2ccc(N3C(=S)N[C@@H](c4ccccn4)[C@@H]3c3cccn3-c3cccc(Br)c3)cc2)cc1. The highest BCUT2D eigenvalue weighted by molar-refractivity contribution is 9.10. The molecule has 2 atom stereocenters. The van der Waals surface area contributed by atoms with Crippen molar-refractivity contribution in [3.05, 3.63) is 131 Å². The molecule has 1 aliphatic heterocycles. The van der Waals surface area contributed by atoms with E-state index in [4.69, 9.17) is 21.7 Å². The average Bonchev–Trinajstić information content (AvgIpc) is 3.59. The summed E-state index contributed by atoms with van der Waals surface area (Å²) in [6.07, 6.45) is 3.90. The van der Waals surface area contributed by atoms with Crippen LogP contribution in [0.3, 0.4) is 0 Å². The second kappa shape index (κ2) is 10.9. The fraction of sp³-hybridized carbons (Fsp3) is 0.0968. The fourth-order valence-electron chi connectivity index (χ4n) is 4.88. The molecule has 0 unspecified atom stereocenters. The third-order valence-corrected chi connectivity index (χ3v) is 7.49. The van der Waals surface area contributed by atoms with Gasteiger partial charge in [0.15, 0.2) is 5.11 Å². The molecule has 1 saturated heterocycles. The maximum atomic E-state index is 6.06. The maximum Gasteiger partial charge on any atom is 0.174 e. The lowest BCUT2D eigenvalue weighted by Crippen LogP contribution is -2.30. The van der Waals surface area contributed by atoms with Crippen LogP contribution < -0.4 is 19.7 Å². The van der Waals surface area contributed by atoms with Gasteiger partial charge in [0.25, 0.3) is 0 Å². The molecular weight excluding hydrogens is 572 g/mol. The number of ether oxygens (including phenoxy) is 2. The standard InChI is InChI=1S/C31H25BrN4O2S/c1-37-24-14-16-26(17-15-24)38-25-12-10-22(11-13-25)36-30(29(34-31(36)39)27-8-2-3-18-33-27)28-9-5-19-35(28)23-7-4-6-21(32)20-23/h2-20,29-30H,1H3,(H,34,39)/t29-,30-/m0/s1. The van der Waals surface area contributed by atoms with E-state index in [0.717, 1.165) is 44.5 Å². The lowest BCUT2D eigenvalue weighted by Gasteiger charge is -2.29. The van der Waals surface area contributed by atoms with Crippen molar-refractivity contribution in [3.8, 4) is 22.9 Å². The number of nitrogens with zero attached hydrogens (tertiary/aromatic N) is 3. The first-order chi connectivity index (χ1) is 19.1. The number of hydrogen-bond acceptors (Lipinski definition) is 4. The van der Waals surface area contributed by atoms with Gasteiger partial charge in [0.1, 0.15) is 23.3 Å². The maximum absolute atomic E-state index is 6.06. The summed E-state index contributed by atoms with van der Waals surface area (Å²) in [5.74, 6) is 2.26. The average molecular weight is 598 g/mol. The molecule has 3 aromatic carbocycles. The van der Waals surface area contributed by atoms with E-state index in [1.54, 1.807) is 7.11 Å². The van der Waals surface area contributed by atoms with Gasteiger partial charge in [-0.2, -0.15) is 0 Å². The number of pyridine rings is 1. The van der Waals surface area contributed by atoms with Crippen LogP contribution in [-0.2, 0) is 0 Å². The summed E-state index contributed by atoms with van der Waals surface area (Å²) in [7, 11) is 1.65. The summed E-state index contributed by atoms with van der Waals surface area (Å²) in [5.41, 5.74) is 4.04. The first-order valence-corrected chi connectivity index (χ1v) is 13.7. The third kappa shape index (κ3) is 5.13. The van der Waals surface area contributed by atoms with Gasteiger partial charge in [0.2, 0.25) is 0 Å². The van der Waals surface area contributed by atoms with Crippen molar-refractivity contribution in [2.75, 3.05) is 12.0 Å². The van der Waals surface area contributed by atoms with Gasteiger partial charge in [-0.05, 0) is 103 Å². The van der Waals surface area contributed by atoms with Crippen LogP contribution in [0.5, 0.6) is 17.2 Å². The van der Waals surface area contributed by atoms with Gasteiger partial charge in [-0.15, -0.1) is 0 Å². The Balaban J connectivity index is 1.37. The number of benzene rings is 3. The van der Waals surface area contributed by atoms with E-state index < -0.39 is 0 Å². The van der Waals surface area contributed by atoms with Gasteiger partial charge in [-0.1, -0.05) is 28.1 Å². The van der Waals surface area contributed by atoms with Crippen molar-refractivity contribution in [1.82, 2.24) is 14.9 Å². The molecule has 0 amide bonds. The van der Waals surface area contributed by atoms with E-state index in [9.17, 15) is 0 Å². The van der Waals surface area contributed by atoms with Crippen LogP contribution in [0.25, 0.3) is 5.69 Å². The monoisotopic (exact) mass is 596 g/mol.